The van der Waals surface area contributed by atoms with Gasteiger partial charge in [0.05, 0.1) is 6.07 Å². The first-order valence-corrected chi connectivity index (χ1v) is 7.34. The molecule has 0 radical (unpaired) electrons. The molecule has 100 valence electrons. The summed E-state index contributed by atoms with van der Waals surface area (Å²) < 4.78 is 0. The van der Waals surface area contributed by atoms with Crippen molar-refractivity contribution >= 4 is 0 Å². The minimum Gasteiger partial charge on any atom is -0.298 e. The van der Waals surface area contributed by atoms with Gasteiger partial charge in [-0.05, 0) is 39.2 Å². The number of hydrogen-bond acceptors (Lipinski definition) is 4. The fourth-order valence-electron chi connectivity index (χ4n) is 3.44. The molecule has 2 saturated heterocycles. The van der Waals surface area contributed by atoms with E-state index < -0.39 is 0 Å². The normalized spacial score (nSPS) is 32.8. The Morgan fingerprint density at radius 3 is 2.83 bits per heavy atom. The molecule has 0 bridgehead atoms. The molecular formula is C14H24N4. The van der Waals surface area contributed by atoms with Crippen LogP contribution in [0, 0.1) is 11.3 Å². The van der Waals surface area contributed by atoms with E-state index in [4.69, 9.17) is 0 Å². The quantitative estimate of drug-likeness (QED) is 0.799. The molecule has 3 aliphatic rings. The van der Waals surface area contributed by atoms with Gasteiger partial charge in [0.2, 0.25) is 0 Å². The number of rotatable bonds is 4. The number of fused-ring (bicyclic) bond motifs is 1. The topological polar surface area (TPSA) is 42.3 Å². The molecule has 0 aromatic rings. The molecular weight excluding hydrogens is 224 g/mol. The molecule has 0 spiro atoms. The van der Waals surface area contributed by atoms with Crippen molar-refractivity contribution in [1.82, 2.24) is 15.1 Å². The zero-order valence-electron chi connectivity index (χ0n) is 11.4. The zero-order chi connectivity index (χ0) is 12.6. The fourth-order valence-corrected chi connectivity index (χ4v) is 3.44. The summed E-state index contributed by atoms with van der Waals surface area (Å²) >= 11 is 0. The predicted octanol–water partition coefficient (Wildman–Crippen LogP) is 0.801. The van der Waals surface area contributed by atoms with Crippen molar-refractivity contribution in [1.29, 1.82) is 5.26 Å². The van der Waals surface area contributed by atoms with Gasteiger partial charge in [0.15, 0.2) is 0 Å². The van der Waals surface area contributed by atoms with Crippen molar-refractivity contribution in [3.05, 3.63) is 0 Å². The zero-order valence-corrected chi connectivity index (χ0v) is 11.4. The van der Waals surface area contributed by atoms with Crippen LogP contribution in [-0.4, -0.2) is 60.1 Å². The second kappa shape index (κ2) is 4.80. The van der Waals surface area contributed by atoms with E-state index in [-0.39, 0.29) is 5.54 Å². The summed E-state index contributed by atoms with van der Waals surface area (Å²) in [6.07, 6.45) is 5.19. The van der Waals surface area contributed by atoms with Crippen molar-refractivity contribution in [2.45, 2.75) is 50.2 Å². The highest BCUT2D eigenvalue weighted by atomic mass is 15.3. The average Bonchev–Trinajstić information content (AvgIpc) is 3.04. The van der Waals surface area contributed by atoms with Gasteiger partial charge in [-0.2, -0.15) is 5.26 Å². The van der Waals surface area contributed by atoms with Gasteiger partial charge in [0.1, 0.15) is 5.54 Å². The molecule has 3 fully saturated rings. The minimum absolute atomic E-state index is 0.359. The van der Waals surface area contributed by atoms with Gasteiger partial charge in [0, 0.05) is 38.3 Å². The van der Waals surface area contributed by atoms with Gasteiger partial charge in [-0.3, -0.25) is 15.1 Å². The molecule has 2 unspecified atom stereocenters. The number of nitriles is 1. The Balaban J connectivity index is 1.56. The van der Waals surface area contributed by atoms with Crippen LogP contribution in [0.15, 0.2) is 0 Å². The van der Waals surface area contributed by atoms with E-state index in [1.165, 1.54) is 38.8 Å². The van der Waals surface area contributed by atoms with Crippen molar-refractivity contribution in [2.24, 2.45) is 0 Å². The smallest absolute Gasteiger partial charge is 0.116 e. The lowest BCUT2D eigenvalue weighted by Gasteiger charge is -2.40. The van der Waals surface area contributed by atoms with E-state index in [1.54, 1.807) is 0 Å². The third-order valence-corrected chi connectivity index (χ3v) is 4.56. The lowest BCUT2D eigenvalue weighted by molar-refractivity contribution is 0.0897. The third kappa shape index (κ3) is 2.69. The SMILES string of the molecule is CC(C#N)(CN1CCN2CCCC2C1)NC1CC1. The van der Waals surface area contributed by atoms with Crippen molar-refractivity contribution < 1.29 is 0 Å². The predicted molar refractivity (Wildman–Crippen MR) is 71.2 cm³/mol. The number of nitrogens with one attached hydrogen (secondary N) is 1. The number of piperazine rings is 1. The van der Waals surface area contributed by atoms with Crippen molar-refractivity contribution in [3.63, 3.8) is 0 Å². The molecule has 2 heterocycles. The molecule has 0 amide bonds. The Bertz CT molecular complexity index is 346. The Hall–Kier alpha value is -0.630. The Kier molecular flexibility index (Phi) is 3.31. The fraction of sp³-hybridized carbons (Fsp3) is 0.929. The average molecular weight is 248 g/mol. The molecule has 4 nitrogen and oxygen atoms in total. The second-order valence-electron chi connectivity index (χ2n) is 6.43. The maximum absolute atomic E-state index is 9.43. The van der Waals surface area contributed by atoms with E-state index >= 15 is 0 Å². The summed E-state index contributed by atoms with van der Waals surface area (Å²) in [6.45, 7) is 7.70. The van der Waals surface area contributed by atoms with Gasteiger partial charge in [-0.25, -0.2) is 0 Å². The van der Waals surface area contributed by atoms with E-state index in [1.807, 2.05) is 0 Å². The van der Waals surface area contributed by atoms with E-state index in [0.717, 1.165) is 25.7 Å². The van der Waals surface area contributed by atoms with Crippen LogP contribution in [0.2, 0.25) is 0 Å². The lowest BCUT2D eigenvalue weighted by Crippen LogP contribution is -2.57. The molecule has 0 aromatic heterocycles. The Morgan fingerprint density at radius 1 is 1.28 bits per heavy atom. The van der Waals surface area contributed by atoms with E-state index in [2.05, 4.69) is 28.1 Å². The van der Waals surface area contributed by atoms with Gasteiger partial charge >= 0.3 is 0 Å². The third-order valence-electron chi connectivity index (χ3n) is 4.56. The maximum Gasteiger partial charge on any atom is 0.116 e. The summed E-state index contributed by atoms with van der Waals surface area (Å²) in [5, 5.41) is 12.9. The first kappa shape index (κ1) is 12.4. The van der Waals surface area contributed by atoms with Crippen LogP contribution < -0.4 is 5.32 Å². The van der Waals surface area contributed by atoms with E-state index in [9.17, 15) is 5.26 Å². The van der Waals surface area contributed by atoms with Crippen LogP contribution in [-0.2, 0) is 0 Å². The first-order valence-electron chi connectivity index (χ1n) is 7.34. The van der Waals surface area contributed by atoms with Gasteiger partial charge in [0.25, 0.3) is 0 Å². The van der Waals surface area contributed by atoms with Crippen LogP contribution in [0.3, 0.4) is 0 Å². The highest BCUT2D eigenvalue weighted by Gasteiger charge is 2.37. The molecule has 3 rings (SSSR count). The molecule has 2 aliphatic heterocycles. The summed E-state index contributed by atoms with van der Waals surface area (Å²) in [7, 11) is 0. The number of nitrogens with zero attached hydrogens (tertiary/aromatic N) is 3. The highest BCUT2D eigenvalue weighted by Crippen LogP contribution is 2.25. The van der Waals surface area contributed by atoms with Crippen LogP contribution in [0.25, 0.3) is 0 Å². The lowest BCUT2D eigenvalue weighted by atomic mass is 10.0. The molecule has 1 N–H and O–H groups in total. The monoisotopic (exact) mass is 248 g/mol. The summed E-state index contributed by atoms with van der Waals surface area (Å²) in [6, 6.07) is 3.84. The standard InChI is InChI=1S/C14H24N4/c1-14(10-15,16-12-4-5-12)11-17-7-8-18-6-2-3-13(18)9-17/h12-13,16H,2-9,11H2,1H3. The van der Waals surface area contributed by atoms with Crippen LogP contribution >= 0.6 is 0 Å². The first-order chi connectivity index (χ1) is 8.68. The second-order valence-corrected chi connectivity index (χ2v) is 6.43. The maximum atomic E-state index is 9.43. The largest absolute Gasteiger partial charge is 0.298 e. The summed E-state index contributed by atoms with van der Waals surface area (Å²) in [5.41, 5.74) is -0.359. The molecule has 4 heteroatoms. The molecule has 1 aliphatic carbocycles. The van der Waals surface area contributed by atoms with Crippen LogP contribution in [0.5, 0.6) is 0 Å². The van der Waals surface area contributed by atoms with Gasteiger partial charge < -0.3 is 0 Å². The van der Waals surface area contributed by atoms with Gasteiger partial charge in [-0.15, -0.1) is 0 Å². The Morgan fingerprint density at radius 2 is 2.11 bits per heavy atom. The summed E-state index contributed by atoms with van der Waals surface area (Å²) in [5.74, 6) is 0. The van der Waals surface area contributed by atoms with Crippen LogP contribution in [0.1, 0.15) is 32.6 Å². The Labute approximate surface area is 110 Å². The number of hydrogen-bond donors (Lipinski definition) is 1. The van der Waals surface area contributed by atoms with Crippen molar-refractivity contribution in [2.75, 3.05) is 32.7 Å². The molecule has 18 heavy (non-hydrogen) atoms. The molecule has 1 saturated carbocycles. The van der Waals surface area contributed by atoms with E-state index in [0.29, 0.717) is 6.04 Å². The minimum atomic E-state index is -0.359. The molecule has 2 atom stereocenters. The highest BCUT2D eigenvalue weighted by molar-refractivity contribution is 5.09. The molecule has 0 aromatic carbocycles. The summed E-state index contributed by atoms with van der Waals surface area (Å²) in [4.78, 5) is 5.11. The van der Waals surface area contributed by atoms with Crippen molar-refractivity contribution in [3.8, 4) is 6.07 Å². The van der Waals surface area contributed by atoms with Gasteiger partial charge in [-0.1, -0.05) is 0 Å². The van der Waals surface area contributed by atoms with Crippen LogP contribution in [0.4, 0.5) is 0 Å².